The van der Waals surface area contributed by atoms with E-state index >= 15 is 0 Å². The summed E-state index contributed by atoms with van der Waals surface area (Å²) < 4.78 is 5.32. The molecular formula is C17H21N3O2. The summed E-state index contributed by atoms with van der Waals surface area (Å²) in [6.07, 6.45) is 1.70. The standard InChI is InChI=1S/C17H21N3O2/c1-12(2)17(21)20-16-9-8-14(11-19-16)18-10-13-6-4-5-7-15(13)22-3/h4-9,11-12,18H,10H2,1-3H3,(H,19,20,21). The summed E-state index contributed by atoms with van der Waals surface area (Å²) in [5.41, 5.74) is 1.95. The maximum atomic E-state index is 11.6. The number of aromatic nitrogens is 1. The fraction of sp³-hybridized carbons (Fsp3) is 0.294. The van der Waals surface area contributed by atoms with Gasteiger partial charge < -0.3 is 15.4 Å². The van der Waals surface area contributed by atoms with Crippen LogP contribution in [0, 0.1) is 5.92 Å². The van der Waals surface area contributed by atoms with Gasteiger partial charge in [0.25, 0.3) is 0 Å². The van der Waals surface area contributed by atoms with Gasteiger partial charge in [0.05, 0.1) is 19.0 Å². The smallest absolute Gasteiger partial charge is 0.228 e. The summed E-state index contributed by atoms with van der Waals surface area (Å²) in [6, 6.07) is 11.5. The Balaban J connectivity index is 1.95. The topological polar surface area (TPSA) is 63.2 Å². The first-order valence-corrected chi connectivity index (χ1v) is 7.23. The fourth-order valence-electron chi connectivity index (χ4n) is 1.89. The molecule has 1 amide bonds. The number of pyridine rings is 1. The van der Waals surface area contributed by atoms with Gasteiger partial charge in [-0.1, -0.05) is 32.0 Å². The number of nitrogens with one attached hydrogen (secondary N) is 2. The highest BCUT2D eigenvalue weighted by molar-refractivity contribution is 5.91. The quantitative estimate of drug-likeness (QED) is 0.859. The monoisotopic (exact) mass is 299 g/mol. The Morgan fingerprint density at radius 2 is 2.00 bits per heavy atom. The zero-order valence-electron chi connectivity index (χ0n) is 13.1. The van der Waals surface area contributed by atoms with Crippen LogP contribution in [0.3, 0.4) is 0 Å². The Bertz CT molecular complexity index is 624. The zero-order chi connectivity index (χ0) is 15.9. The van der Waals surface area contributed by atoms with E-state index in [-0.39, 0.29) is 11.8 Å². The third kappa shape index (κ3) is 4.22. The van der Waals surface area contributed by atoms with Gasteiger partial charge in [0.15, 0.2) is 0 Å². The number of carbonyl (C=O) groups excluding carboxylic acids is 1. The first-order chi connectivity index (χ1) is 10.6. The van der Waals surface area contributed by atoms with Crippen LogP contribution in [-0.2, 0) is 11.3 Å². The highest BCUT2D eigenvalue weighted by Gasteiger charge is 2.07. The number of hydrogen-bond acceptors (Lipinski definition) is 4. The van der Waals surface area contributed by atoms with Crippen molar-refractivity contribution in [2.24, 2.45) is 5.92 Å². The molecule has 0 aliphatic carbocycles. The van der Waals surface area contributed by atoms with Crippen molar-refractivity contribution in [1.29, 1.82) is 0 Å². The molecule has 2 rings (SSSR count). The van der Waals surface area contributed by atoms with Crippen molar-refractivity contribution >= 4 is 17.4 Å². The number of amides is 1. The number of nitrogens with zero attached hydrogens (tertiary/aromatic N) is 1. The Hall–Kier alpha value is -2.56. The number of benzene rings is 1. The molecule has 1 heterocycles. The van der Waals surface area contributed by atoms with E-state index in [0.717, 1.165) is 17.0 Å². The second-order valence-corrected chi connectivity index (χ2v) is 5.24. The Kier molecular flexibility index (Phi) is 5.36. The van der Waals surface area contributed by atoms with Gasteiger partial charge >= 0.3 is 0 Å². The molecule has 2 N–H and O–H groups in total. The van der Waals surface area contributed by atoms with Crippen molar-refractivity contribution in [3.8, 4) is 5.75 Å². The summed E-state index contributed by atoms with van der Waals surface area (Å²) >= 11 is 0. The van der Waals surface area contributed by atoms with E-state index in [1.807, 2.05) is 44.2 Å². The van der Waals surface area contributed by atoms with E-state index in [4.69, 9.17) is 4.74 Å². The minimum absolute atomic E-state index is 0.0396. The molecule has 1 aromatic carbocycles. The van der Waals surface area contributed by atoms with Gasteiger partial charge in [-0.2, -0.15) is 0 Å². The van der Waals surface area contributed by atoms with Crippen LogP contribution < -0.4 is 15.4 Å². The van der Waals surface area contributed by atoms with E-state index in [2.05, 4.69) is 15.6 Å². The van der Waals surface area contributed by atoms with E-state index in [1.165, 1.54) is 0 Å². The lowest BCUT2D eigenvalue weighted by Gasteiger charge is -2.11. The summed E-state index contributed by atoms with van der Waals surface area (Å²) in [6.45, 7) is 4.33. The number of rotatable bonds is 6. The summed E-state index contributed by atoms with van der Waals surface area (Å²) in [5.74, 6) is 1.30. The molecule has 0 fully saturated rings. The van der Waals surface area contributed by atoms with Crippen LogP contribution >= 0.6 is 0 Å². The first-order valence-electron chi connectivity index (χ1n) is 7.23. The number of methoxy groups -OCH3 is 1. The molecule has 2 aromatic rings. The molecule has 0 aliphatic heterocycles. The van der Waals surface area contributed by atoms with Crippen molar-refractivity contribution in [3.63, 3.8) is 0 Å². The predicted octanol–water partition coefficient (Wildman–Crippen LogP) is 3.30. The van der Waals surface area contributed by atoms with E-state index in [9.17, 15) is 4.79 Å². The lowest BCUT2D eigenvalue weighted by Crippen LogP contribution is -2.18. The third-order valence-corrected chi connectivity index (χ3v) is 3.21. The highest BCUT2D eigenvalue weighted by Crippen LogP contribution is 2.19. The van der Waals surface area contributed by atoms with Gasteiger partial charge in [-0.25, -0.2) is 4.98 Å². The number of hydrogen-bond donors (Lipinski definition) is 2. The minimum Gasteiger partial charge on any atom is -0.496 e. The summed E-state index contributed by atoms with van der Waals surface area (Å²) in [7, 11) is 1.66. The molecule has 0 unspecified atom stereocenters. The maximum absolute atomic E-state index is 11.6. The molecule has 22 heavy (non-hydrogen) atoms. The molecular weight excluding hydrogens is 278 g/mol. The molecule has 0 radical (unpaired) electrons. The van der Waals surface area contributed by atoms with Gasteiger partial charge in [-0.05, 0) is 18.2 Å². The van der Waals surface area contributed by atoms with Crippen LogP contribution in [0.25, 0.3) is 0 Å². The molecule has 0 atom stereocenters. The molecule has 5 nitrogen and oxygen atoms in total. The van der Waals surface area contributed by atoms with E-state index in [0.29, 0.717) is 12.4 Å². The largest absolute Gasteiger partial charge is 0.496 e. The normalized spacial score (nSPS) is 10.4. The van der Waals surface area contributed by atoms with Crippen LogP contribution in [0.4, 0.5) is 11.5 Å². The van der Waals surface area contributed by atoms with Gasteiger partial charge in [0.1, 0.15) is 11.6 Å². The fourth-order valence-corrected chi connectivity index (χ4v) is 1.89. The molecule has 1 aromatic heterocycles. The van der Waals surface area contributed by atoms with Gasteiger partial charge in [0, 0.05) is 18.0 Å². The Morgan fingerprint density at radius 1 is 1.23 bits per heavy atom. The molecule has 116 valence electrons. The molecule has 0 spiro atoms. The maximum Gasteiger partial charge on any atom is 0.228 e. The van der Waals surface area contributed by atoms with Crippen LogP contribution in [0.15, 0.2) is 42.6 Å². The van der Waals surface area contributed by atoms with Crippen molar-refractivity contribution < 1.29 is 9.53 Å². The number of para-hydroxylation sites is 1. The predicted molar refractivity (Wildman–Crippen MR) is 88.0 cm³/mol. The highest BCUT2D eigenvalue weighted by atomic mass is 16.5. The van der Waals surface area contributed by atoms with Gasteiger partial charge in [-0.3, -0.25) is 4.79 Å². The Labute approximate surface area is 130 Å². The third-order valence-electron chi connectivity index (χ3n) is 3.21. The summed E-state index contributed by atoms with van der Waals surface area (Å²) in [5, 5.41) is 6.05. The number of ether oxygens (including phenoxy) is 1. The molecule has 0 bridgehead atoms. The number of anilines is 2. The van der Waals surface area contributed by atoms with Gasteiger partial charge in [0.2, 0.25) is 5.91 Å². The minimum atomic E-state index is -0.0647. The summed E-state index contributed by atoms with van der Waals surface area (Å²) in [4.78, 5) is 15.8. The van der Waals surface area contributed by atoms with Crippen molar-refractivity contribution in [2.45, 2.75) is 20.4 Å². The SMILES string of the molecule is COc1ccccc1CNc1ccc(NC(=O)C(C)C)nc1. The van der Waals surface area contributed by atoms with E-state index < -0.39 is 0 Å². The van der Waals surface area contributed by atoms with Crippen LogP contribution in [0.2, 0.25) is 0 Å². The van der Waals surface area contributed by atoms with Crippen LogP contribution in [0.1, 0.15) is 19.4 Å². The average molecular weight is 299 g/mol. The van der Waals surface area contributed by atoms with Crippen LogP contribution in [0.5, 0.6) is 5.75 Å². The first kappa shape index (κ1) is 15.8. The molecule has 0 aliphatic rings. The zero-order valence-corrected chi connectivity index (χ0v) is 13.1. The van der Waals surface area contributed by atoms with Crippen molar-refractivity contribution in [2.75, 3.05) is 17.7 Å². The number of carbonyl (C=O) groups is 1. The van der Waals surface area contributed by atoms with E-state index in [1.54, 1.807) is 19.4 Å². The second-order valence-electron chi connectivity index (χ2n) is 5.24. The lowest BCUT2D eigenvalue weighted by molar-refractivity contribution is -0.118. The second kappa shape index (κ2) is 7.45. The van der Waals surface area contributed by atoms with Crippen molar-refractivity contribution in [1.82, 2.24) is 4.98 Å². The van der Waals surface area contributed by atoms with Crippen LogP contribution in [-0.4, -0.2) is 18.0 Å². The Morgan fingerprint density at radius 3 is 2.64 bits per heavy atom. The van der Waals surface area contributed by atoms with Crippen molar-refractivity contribution in [3.05, 3.63) is 48.2 Å². The average Bonchev–Trinajstić information content (AvgIpc) is 2.54. The van der Waals surface area contributed by atoms with Gasteiger partial charge in [-0.15, -0.1) is 0 Å². The molecule has 0 saturated heterocycles. The lowest BCUT2D eigenvalue weighted by atomic mass is 10.2. The molecule has 0 saturated carbocycles. The molecule has 5 heteroatoms.